The Kier molecular flexibility index (Phi) is 9.25. The van der Waals surface area contributed by atoms with Gasteiger partial charge >= 0.3 is 0 Å². The Hall–Kier alpha value is -1.25. The Morgan fingerprint density at radius 2 is 1.69 bits per heavy atom. The molecule has 35 heavy (non-hydrogen) atoms. The minimum atomic E-state index is -1.59. The normalized spacial score (nSPS) is 41.4. The second kappa shape index (κ2) is 11.4. The van der Waals surface area contributed by atoms with E-state index in [1.807, 2.05) is 26.8 Å². The largest absolute Gasteiger partial charge is 0.388 e. The molecule has 2 saturated heterocycles. The molecule has 0 aromatic carbocycles. The lowest BCUT2D eigenvalue weighted by molar-refractivity contribution is -0.324. The van der Waals surface area contributed by atoms with Gasteiger partial charge in [-0.1, -0.05) is 31.6 Å². The molecule has 2 aliphatic heterocycles. The Morgan fingerprint density at radius 1 is 1.03 bits per heavy atom. The molecule has 3 rings (SSSR count). The van der Waals surface area contributed by atoms with Gasteiger partial charge in [-0.25, -0.2) is 0 Å². The monoisotopic (exact) mass is 502 g/mol. The van der Waals surface area contributed by atoms with Crippen molar-refractivity contribution >= 4 is 5.78 Å². The standard InChI is InChI=1S/C24H38O11/c1-11-7-13(25)8-24(3,4)14(11)6-5-12(2)34-23-21(31)19(29)18(28)16(35-23)10-33-22-20(30)17(27)15(26)9-32-22/h5-6,12,15-23,26-31H,7-10H2,1-4H3/b6-5+/t12-,15-,16-,17+,18-,19+,20-,21-,22+,23-/m1/s1. The lowest BCUT2D eigenvalue weighted by Gasteiger charge is -2.42. The Morgan fingerprint density at radius 3 is 2.34 bits per heavy atom. The van der Waals surface area contributed by atoms with Crippen LogP contribution in [0.2, 0.25) is 0 Å². The molecule has 0 unspecified atom stereocenters. The molecule has 2 heterocycles. The Labute approximate surface area is 204 Å². The second-order valence-electron chi connectivity index (χ2n) is 10.3. The number of carbonyl (C=O) groups is 1. The number of aliphatic hydroxyl groups excluding tert-OH is 6. The van der Waals surface area contributed by atoms with Crippen molar-refractivity contribution in [3.63, 3.8) is 0 Å². The minimum Gasteiger partial charge on any atom is -0.388 e. The maximum absolute atomic E-state index is 11.9. The topological polar surface area (TPSA) is 175 Å². The first-order chi connectivity index (χ1) is 16.3. The third-order valence-corrected chi connectivity index (χ3v) is 6.72. The zero-order valence-corrected chi connectivity index (χ0v) is 20.5. The molecule has 0 amide bonds. The number of ketones is 1. The van der Waals surface area contributed by atoms with Crippen LogP contribution < -0.4 is 0 Å². The van der Waals surface area contributed by atoms with Gasteiger partial charge < -0.3 is 49.6 Å². The van der Waals surface area contributed by atoms with Crippen molar-refractivity contribution in [1.29, 1.82) is 0 Å². The molecule has 2 fully saturated rings. The van der Waals surface area contributed by atoms with Crippen molar-refractivity contribution in [2.45, 2.75) is 102 Å². The van der Waals surface area contributed by atoms with Gasteiger partial charge in [-0.05, 0) is 24.8 Å². The van der Waals surface area contributed by atoms with Crippen LogP contribution in [0.3, 0.4) is 0 Å². The van der Waals surface area contributed by atoms with Crippen LogP contribution >= 0.6 is 0 Å². The fourth-order valence-corrected chi connectivity index (χ4v) is 4.76. The Balaban J connectivity index is 1.61. The van der Waals surface area contributed by atoms with Gasteiger partial charge in [0.15, 0.2) is 12.6 Å². The lowest BCUT2D eigenvalue weighted by atomic mass is 9.72. The zero-order chi connectivity index (χ0) is 26.1. The molecule has 0 radical (unpaired) electrons. The van der Waals surface area contributed by atoms with Crippen LogP contribution in [0.4, 0.5) is 0 Å². The highest BCUT2D eigenvalue weighted by molar-refractivity contribution is 5.84. The molecule has 0 aromatic heterocycles. The number of rotatable bonds is 7. The van der Waals surface area contributed by atoms with E-state index in [-0.39, 0.29) is 24.4 Å². The number of carbonyl (C=O) groups excluding carboxylic acids is 1. The van der Waals surface area contributed by atoms with Crippen LogP contribution in [0.25, 0.3) is 0 Å². The third-order valence-electron chi connectivity index (χ3n) is 6.72. The molecule has 0 aromatic rings. The van der Waals surface area contributed by atoms with Crippen molar-refractivity contribution in [1.82, 2.24) is 0 Å². The summed E-state index contributed by atoms with van der Waals surface area (Å²) < 4.78 is 22.0. The fourth-order valence-electron chi connectivity index (χ4n) is 4.76. The van der Waals surface area contributed by atoms with E-state index in [0.29, 0.717) is 12.8 Å². The molecule has 6 N–H and O–H groups in total. The van der Waals surface area contributed by atoms with Gasteiger partial charge in [0.25, 0.3) is 0 Å². The summed E-state index contributed by atoms with van der Waals surface area (Å²) in [6, 6.07) is 0. The highest BCUT2D eigenvalue weighted by Gasteiger charge is 2.46. The van der Waals surface area contributed by atoms with Crippen molar-refractivity contribution in [2.75, 3.05) is 13.2 Å². The van der Waals surface area contributed by atoms with E-state index in [2.05, 4.69) is 0 Å². The van der Waals surface area contributed by atoms with Gasteiger partial charge in [0.2, 0.25) is 0 Å². The van der Waals surface area contributed by atoms with Crippen molar-refractivity contribution in [2.24, 2.45) is 5.41 Å². The molecule has 3 aliphatic rings. The lowest BCUT2D eigenvalue weighted by Crippen LogP contribution is -2.60. The van der Waals surface area contributed by atoms with Gasteiger partial charge in [-0.2, -0.15) is 0 Å². The van der Waals surface area contributed by atoms with Crippen molar-refractivity contribution in [3.8, 4) is 0 Å². The smallest absolute Gasteiger partial charge is 0.187 e. The van der Waals surface area contributed by atoms with E-state index in [4.69, 9.17) is 18.9 Å². The average molecular weight is 503 g/mol. The summed E-state index contributed by atoms with van der Waals surface area (Å²) in [4.78, 5) is 11.9. The quantitative estimate of drug-likeness (QED) is 0.250. The molecule has 200 valence electrons. The van der Waals surface area contributed by atoms with Gasteiger partial charge in [-0.15, -0.1) is 0 Å². The summed E-state index contributed by atoms with van der Waals surface area (Å²) in [5, 5.41) is 60.3. The maximum Gasteiger partial charge on any atom is 0.187 e. The zero-order valence-electron chi connectivity index (χ0n) is 20.5. The van der Waals surface area contributed by atoms with Crippen molar-refractivity contribution in [3.05, 3.63) is 23.3 Å². The van der Waals surface area contributed by atoms with Gasteiger partial charge in [0, 0.05) is 12.8 Å². The predicted molar refractivity (Wildman–Crippen MR) is 121 cm³/mol. The number of allylic oxidation sites excluding steroid dienone is 3. The summed E-state index contributed by atoms with van der Waals surface area (Å²) in [6.07, 6.45) is -8.61. The van der Waals surface area contributed by atoms with E-state index in [1.165, 1.54) is 0 Å². The third kappa shape index (κ3) is 6.55. The molecule has 0 bridgehead atoms. The second-order valence-corrected chi connectivity index (χ2v) is 10.3. The van der Waals surface area contributed by atoms with Gasteiger partial charge in [0.1, 0.15) is 48.5 Å². The number of Topliss-reactive ketones (excluding diaryl/α,β-unsaturated/α-hetero) is 1. The summed E-state index contributed by atoms with van der Waals surface area (Å²) in [5.74, 6) is 0.199. The van der Waals surface area contributed by atoms with Crippen LogP contribution in [0.1, 0.15) is 40.5 Å². The fraction of sp³-hybridized carbons (Fsp3) is 0.792. The molecule has 0 spiro atoms. The maximum atomic E-state index is 11.9. The van der Waals surface area contributed by atoms with Gasteiger partial charge in [-0.3, -0.25) is 4.79 Å². The summed E-state index contributed by atoms with van der Waals surface area (Å²) in [7, 11) is 0. The molecule has 1 aliphatic carbocycles. The van der Waals surface area contributed by atoms with E-state index >= 15 is 0 Å². The molecular weight excluding hydrogens is 464 g/mol. The average Bonchev–Trinajstić information content (AvgIpc) is 2.76. The summed E-state index contributed by atoms with van der Waals surface area (Å²) in [5.41, 5.74) is 1.72. The highest BCUT2D eigenvalue weighted by Crippen LogP contribution is 2.39. The SMILES string of the molecule is CC1=C(/C=C/[C@@H](C)O[C@@H]2O[C@H](CO[C@@H]3OC[C@@H](O)[C@H](O)[C@H]3O)[C@@H](O)[C@H](O)[C@H]2O)C(C)(C)CC(=O)C1. The van der Waals surface area contributed by atoms with E-state index in [0.717, 1.165) is 11.1 Å². The number of aliphatic hydroxyl groups is 6. The first-order valence-electron chi connectivity index (χ1n) is 11.8. The van der Waals surface area contributed by atoms with Crippen LogP contribution in [-0.4, -0.2) is 111 Å². The summed E-state index contributed by atoms with van der Waals surface area (Å²) in [6.45, 7) is 7.05. The van der Waals surface area contributed by atoms with Crippen LogP contribution in [-0.2, 0) is 23.7 Å². The first kappa shape index (κ1) is 28.3. The van der Waals surface area contributed by atoms with Crippen molar-refractivity contribution < 1.29 is 54.4 Å². The Bertz CT molecular complexity index is 809. The molecule has 0 saturated carbocycles. The van der Waals surface area contributed by atoms with Crippen LogP contribution in [0.15, 0.2) is 23.3 Å². The summed E-state index contributed by atoms with van der Waals surface area (Å²) >= 11 is 0. The van der Waals surface area contributed by atoms with E-state index in [9.17, 15) is 35.4 Å². The molecule has 10 atom stereocenters. The molecule has 11 heteroatoms. The van der Waals surface area contributed by atoms with Gasteiger partial charge in [0.05, 0.1) is 19.3 Å². The number of hydrogen-bond acceptors (Lipinski definition) is 11. The number of hydrogen-bond donors (Lipinski definition) is 6. The predicted octanol–water partition coefficient (Wildman–Crippen LogP) is -1.08. The molecule has 11 nitrogen and oxygen atoms in total. The van der Waals surface area contributed by atoms with E-state index < -0.39 is 61.4 Å². The minimum absolute atomic E-state index is 0.199. The van der Waals surface area contributed by atoms with Crippen LogP contribution in [0.5, 0.6) is 0 Å². The van der Waals surface area contributed by atoms with Crippen LogP contribution in [0, 0.1) is 5.41 Å². The number of ether oxygens (including phenoxy) is 4. The first-order valence-corrected chi connectivity index (χ1v) is 11.8. The molecular formula is C24H38O11. The van der Waals surface area contributed by atoms with E-state index in [1.54, 1.807) is 13.0 Å². The highest BCUT2D eigenvalue weighted by atomic mass is 16.7.